The van der Waals surface area contributed by atoms with Gasteiger partial charge in [-0.2, -0.15) is 0 Å². The van der Waals surface area contributed by atoms with Crippen LogP contribution in [0.2, 0.25) is 0 Å². The van der Waals surface area contributed by atoms with Gasteiger partial charge in [0, 0.05) is 4.47 Å². The van der Waals surface area contributed by atoms with Gasteiger partial charge in [-0.3, -0.25) is 4.21 Å². The molecule has 0 aromatic heterocycles. The summed E-state index contributed by atoms with van der Waals surface area (Å²) in [7, 11) is -1.53. The van der Waals surface area contributed by atoms with Gasteiger partial charge < -0.3 is 5.11 Å². The molecule has 0 bridgehead atoms. The van der Waals surface area contributed by atoms with E-state index >= 15 is 0 Å². The molecule has 0 aliphatic heterocycles. The Labute approximate surface area is 126 Å². The summed E-state index contributed by atoms with van der Waals surface area (Å²) < 4.78 is 26.2. The van der Waals surface area contributed by atoms with Gasteiger partial charge in [-0.15, -0.1) is 0 Å². The van der Waals surface area contributed by atoms with E-state index in [1.165, 1.54) is 30.3 Å². The molecule has 0 fully saturated rings. The highest BCUT2D eigenvalue weighted by molar-refractivity contribution is 9.10. The summed E-state index contributed by atoms with van der Waals surface area (Å²) in [5.41, 5.74) is 0.800. The summed E-state index contributed by atoms with van der Waals surface area (Å²) >= 11 is 3.24. The molecule has 0 amide bonds. The second-order valence-corrected chi connectivity index (χ2v) is 6.31. The molecule has 2 rings (SSSR count). The van der Waals surface area contributed by atoms with Gasteiger partial charge in [0.2, 0.25) is 0 Å². The predicted octanol–water partition coefficient (Wildman–Crippen LogP) is 3.59. The van der Waals surface area contributed by atoms with Gasteiger partial charge in [-0.1, -0.05) is 34.1 Å². The van der Waals surface area contributed by atoms with Crippen LogP contribution in [0.4, 0.5) is 4.39 Å². The zero-order valence-corrected chi connectivity index (χ0v) is 12.6. The molecule has 3 nitrogen and oxygen atoms in total. The highest BCUT2D eigenvalue weighted by atomic mass is 79.9. The number of carboxylic acid groups (broad SMARTS) is 1. The van der Waals surface area contributed by atoms with E-state index in [0.29, 0.717) is 10.0 Å². The van der Waals surface area contributed by atoms with Crippen molar-refractivity contribution in [3.8, 4) is 0 Å². The fourth-order valence-corrected chi connectivity index (χ4v) is 3.56. The standard InChI is InChI=1S/C14H10BrFO3S/c15-11-7-9(14(17)18)5-6-10(11)8-20(19)13-4-2-1-3-12(13)16/h1-7H,8H2,(H,17,18). The van der Waals surface area contributed by atoms with Gasteiger partial charge in [-0.05, 0) is 29.8 Å². The minimum Gasteiger partial charge on any atom is -0.478 e. The van der Waals surface area contributed by atoms with Gasteiger partial charge in [-0.25, -0.2) is 9.18 Å². The minimum atomic E-state index is -1.53. The van der Waals surface area contributed by atoms with Crippen molar-refractivity contribution in [2.45, 2.75) is 10.6 Å². The van der Waals surface area contributed by atoms with Gasteiger partial charge >= 0.3 is 5.97 Å². The van der Waals surface area contributed by atoms with Gasteiger partial charge in [0.25, 0.3) is 0 Å². The number of aromatic carboxylic acids is 1. The maximum atomic E-state index is 13.5. The highest BCUT2D eigenvalue weighted by Crippen LogP contribution is 2.23. The van der Waals surface area contributed by atoms with Crippen molar-refractivity contribution in [2.75, 3.05) is 0 Å². The Morgan fingerprint density at radius 3 is 2.55 bits per heavy atom. The Bertz CT molecular complexity index is 688. The first kappa shape index (κ1) is 14.9. The average Bonchev–Trinajstić information content (AvgIpc) is 2.41. The van der Waals surface area contributed by atoms with E-state index in [4.69, 9.17) is 5.11 Å². The van der Waals surface area contributed by atoms with Gasteiger partial charge in [0.1, 0.15) is 5.82 Å². The summed E-state index contributed by atoms with van der Waals surface area (Å²) in [6, 6.07) is 10.3. The summed E-state index contributed by atoms with van der Waals surface area (Å²) in [5, 5.41) is 8.87. The van der Waals surface area contributed by atoms with Crippen LogP contribution in [0.1, 0.15) is 15.9 Å². The van der Waals surface area contributed by atoms with E-state index < -0.39 is 22.6 Å². The lowest BCUT2D eigenvalue weighted by atomic mass is 10.1. The first-order valence-corrected chi connectivity index (χ1v) is 7.75. The van der Waals surface area contributed by atoms with Crippen LogP contribution < -0.4 is 0 Å². The zero-order chi connectivity index (χ0) is 14.7. The molecule has 0 radical (unpaired) electrons. The molecule has 0 spiro atoms. The Kier molecular flexibility index (Phi) is 4.67. The topological polar surface area (TPSA) is 54.4 Å². The Hall–Kier alpha value is -1.53. The Morgan fingerprint density at radius 2 is 1.95 bits per heavy atom. The lowest BCUT2D eigenvalue weighted by Crippen LogP contribution is -2.02. The van der Waals surface area contributed by atoms with E-state index in [9.17, 15) is 13.4 Å². The molecule has 1 N–H and O–H groups in total. The molecule has 1 unspecified atom stereocenters. The van der Waals surface area contributed by atoms with Gasteiger partial charge in [0.05, 0.1) is 27.0 Å². The first-order valence-electron chi connectivity index (χ1n) is 5.63. The number of rotatable bonds is 4. The molecule has 2 aromatic carbocycles. The third-order valence-electron chi connectivity index (χ3n) is 2.67. The smallest absolute Gasteiger partial charge is 0.335 e. The quantitative estimate of drug-likeness (QED) is 0.910. The molecule has 0 aliphatic rings. The second kappa shape index (κ2) is 6.28. The molecule has 0 aliphatic carbocycles. The SMILES string of the molecule is O=C(O)c1ccc(CS(=O)c2ccccc2F)c(Br)c1. The second-order valence-electron chi connectivity index (χ2n) is 4.03. The van der Waals surface area contributed by atoms with Crippen LogP contribution in [0.5, 0.6) is 0 Å². The van der Waals surface area contributed by atoms with E-state index in [2.05, 4.69) is 15.9 Å². The Morgan fingerprint density at radius 1 is 1.25 bits per heavy atom. The number of carboxylic acids is 1. The lowest BCUT2D eigenvalue weighted by molar-refractivity contribution is 0.0697. The number of hydrogen-bond acceptors (Lipinski definition) is 2. The molecular weight excluding hydrogens is 347 g/mol. The van der Waals surface area contributed by atoms with Crippen LogP contribution in [0.25, 0.3) is 0 Å². The fraction of sp³-hybridized carbons (Fsp3) is 0.0714. The molecule has 6 heteroatoms. The van der Waals surface area contributed by atoms with Crippen molar-refractivity contribution in [3.63, 3.8) is 0 Å². The van der Waals surface area contributed by atoms with Crippen LogP contribution in [0, 0.1) is 5.82 Å². The third-order valence-corrected chi connectivity index (χ3v) is 4.80. The van der Waals surface area contributed by atoms with Gasteiger partial charge in [0.15, 0.2) is 0 Å². The minimum absolute atomic E-state index is 0.113. The molecule has 20 heavy (non-hydrogen) atoms. The maximum Gasteiger partial charge on any atom is 0.335 e. The van der Waals surface area contributed by atoms with Crippen molar-refractivity contribution in [1.29, 1.82) is 0 Å². The van der Waals surface area contributed by atoms with Crippen LogP contribution in [-0.2, 0) is 16.6 Å². The van der Waals surface area contributed by atoms with E-state index in [0.717, 1.165) is 0 Å². The van der Waals surface area contributed by atoms with E-state index in [-0.39, 0.29) is 16.2 Å². The summed E-state index contributed by atoms with van der Waals surface area (Å²) in [4.78, 5) is 11.0. The van der Waals surface area contributed by atoms with Crippen molar-refractivity contribution >= 4 is 32.7 Å². The van der Waals surface area contributed by atoms with Crippen LogP contribution in [0.3, 0.4) is 0 Å². The molecular formula is C14H10BrFO3S. The maximum absolute atomic E-state index is 13.5. The highest BCUT2D eigenvalue weighted by Gasteiger charge is 2.13. The number of benzene rings is 2. The average molecular weight is 357 g/mol. The number of halogens is 2. The molecule has 0 saturated heterocycles. The molecule has 0 saturated carbocycles. The summed E-state index contributed by atoms with van der Waals surface area (Å²) in [6.45, 7) is 0. The van der Waals surface area contributed by atoms with Crippen LogP contribution >= 0.6 is 15.9 Å². The Balaban J connectivity index is 2.25. The third kappa shape index (κ3) is 3.32. The number of carbonyl (C=O) groups is 1. The summed E-state index contributed by atoms with van der Waals surface area (Å²) in [6.07, 6.45) is 0. The van der Waals surface area contributed by atoms with E-state index in [1.807, 2.05) is 0 Å². The fourth-order valence-electron chi connectivity index (χ4n) is 1.65. The molecule has 1 atom stereocenters. The van der Waals surface area contributed by atoms with Crippen molar-refractivity contribution < 1.29 is 18.5 Å². The van der Waals surface area contributed by atoms with Crippen LogP contribution in [0.15, 0.2) is 51.8 Å². The zero-order valence-electron chi connectivity index (χ0n) is 10.2. The molecule has 2 aromatic rings. The largest absolute Gasteiger partial charge is 0.478 e. The van der Waals surface area contributed by atoms with Crippen molar-refractivity contribution in [1.82, 2.24) is 0 Å². The first-order chi connectivity index (χ1) is 9.49. The lowest BCUT2D eigenvalue weighted by Gasteiger charge is -2.07. The monoisotopic (exact) mass is 356 g/mol. The summed E-state index contributed by atoms with van der Waals surface area (Å²) in [5.74, 6) is -1.43. The van der Waals surface area contributed by atoms with Crippen LogP contribution in [-0.4, -0.2) is 15.3 Å². The molecule has 0 heterocycles. The predicted molar refractivity (Wildman–Crippen MR) is 77.6 cm³/mol. The van der Waals surface area contributed by atoms with Crippen molar-refractivity contribution in [2.24, 2.45) is 0 Å². The molecule has 104 valence electrons. The van der Waals surface area contributed by atoms with Crippen molar-refractivity contribution in [3.05, 3.63) is 63.9 Å². The normalized spacial score (nSPS) is 12.1. The number of hydrogen-bond donors (Lipinski definition) is 1. The van der Waals surface area contributed by atoms with E-state index in [1.54, 1.807) is 12.1 Å².